The largest absolute Gasteiger partial charge is 0.432 e. The minimum atomic E-state index is -1.30. The third-order valence-corrected chi connectivity index (χ3v) is 6.75. The van der Waals surface area contributed by atoms with Gasteiger partial charge in [0.1, 0.15) is 24.4 Å². The van der Waals surface area contributed by atoms with Gasteiger partial charge in [-0.2, -0.15) is 0 Å². The molecule has 4 aromatic rings. The molecule has 9 heteroatoms. The lowest BCUT2D eigenvalue weighted by atomic mass is 9.96. The molecule has 1 fully saturated rings. The Labute approximate surface area is 231 Å². The lowest BCUT2D eigenvalue weighted by Crippen LogP contribution is -2.60. The van der Waals surface area contributed by atoms with Crippen LogP contribution in [0.3, 0.4) is 0 Å². The number of aliphatic hydroxyl groups excluding tert-OH is 1. The van der Waals surface area contributed by atoms with Crippen LogP contribution in [0.15, 0.2) is 108 Å². The molecule has 1 saturated heterocycles. The highest BCUT2D eigenvalue weighted by atomic mass is 16.7. The van der Waals surface area contributed by atoms with Gasteiger partial charge in [0.2, 0.25) is 6.29 Å². The maximum absolute atomic E-state index is 12.9. The molecule has 40 heavy (non-hydrogen) atoms. The van der Waals surface area contributed by atoms with Crippen molar-refractivity contribution in [3.8, 4) is 0 Å². The first-order valence-electron chi connectivity index (χ1n) is 13.0. The summed E-state index contributed by atoms with van der Waals surface area (Å²) >= 11 is 0. The van der Waals surface area contributed by atoms with Crippen molar-refractivity contribution in [2.45, 2.75) is 43.9 Å². The topological polar surface area (TPSA) is 123 Å². The first-order chi connectivity index (χ1) is 19.7. The molecule has 204 valence electrons. The molecule has 5 atom stereocenters. The molecule has 9 nitrogen and oxygen atoms in total. The minimum absolute atomic E-state index is 0.177. The van der Waals surface area contributed by atoms with E-state index in [1.165, 1.54) is 0 Å². The summed E-state index contributed by atoms with van der Waals surface area (Å²) < 4.78 is 24.2. The molecule has 1 heterocycles. The van der Waals surface area contributed by atoms with Crippen molar-refractivity contribution in [3.63, 3.8) is 0 Å². The zero-order valence-electron chi connectivity index (χ0n) is 21.7. The van der Waals surface area contributed by atoms with E-state index in [2.05, 4.69) is 10.0 Å². The van der Waals surface area contributed by atoms with E-state index < -0.39 is 43.2 Å². The van der Waals surface area contributed by atoms with Gasteiger partial charge >= 0.3 is 5.97 Å². The highest BCUT2D eigenvalue weighted by Gasteiger charge is 2.49. The van der Waals surface area contributed by atoms with Crippen LogP contribution in [0.2, 0.25) is 0 Å². The molecule has 1 aliphatic rings. The third kappa shape index (κ3) is 6.48. The fourth-order valence-electron chi connectivity index (χ4n) is 4.75. The Morgan fingerprint density at radius 1 is 0.825 bits per heavy atom. The van der Waals surface area contributed by atoms with Crippen LogP contribution in [0, 0.1) is 0 Å². The summed E-state index contributed by atoms with van der Waals surface area (Å²) in [5.41, 5.74) is 11.5. The van der Waals surface area contributed by atoms with E-state index in [0.29, 0.717) is 5.56 Å². The summed E-state index contributed by atoms with van der Waals surface area (Å²) in [6.45, 7) is -0.0652. The number of fused-ring (bicyclic) bond motifs is 1. The second-order valence-electron chi connectivity index (χ2n) is 9.41. The maximum atomic E-state index is 12.9. The van der Waals surface area contributed by atoms with Crippen LogP contribution in [-0.4, -0.2) is 48.3 Å². The zero-order valence-corrected chi connectivity index (χ0v) is 21.7. The normalized spacial score (nSPS) is 22.4. The van der Waals surface area contributed by atoms with Gasteiger partial charge < -0.3 is 24.1 Å². The first-order valence-corrected chi connectivity index (χ1v) is 13.0. The van der Waals surface area contributed by atoms with Gasteiger partial charge in [-0.25, -0.2) is 4.79 Å². The molecule has 1 unspecified atom stereocenters. The number of carbonyl (C=O) groups excluding carboxylic acids is 1. The molecule has 4 aromatic carbocycles. The number of ether oxygens (including phenoxy) is 4. The molecule has 0 aliphatic carbocycles. The molecule has 1 N–H and O–H groups in total. The Kier molecular flexibility index (Phi) is 9.03. The van der Waals surface area contributed by atoms with Crippen molar-refractivity contribution in [2.75, 3.05) is 6.61 Å². The minimum Gasteiger partial charge on any atom is -0.432 e. The fourth-order valence-corrected chi connectivity index (χ4v) is 4.75. The van der Waals surface area contributed by atoms with Crippen LogP contribution in [0.1, 0.15) is 21.5 Å². The average molecular weight is 540 g/mol. The molecule has 0 aromatic heterocycles. The highest BCUT2D eigenvalue weighted by molar-refractivity contribution is 5.89. The predicted molar refractivity (Wildman–Crippen MR) is 148 cm³/mol. The zero-order chi connectivity index (χ0) is 27.7. The van der Waals surface area contributed by atoms with Crippen molar-refractivity contribution >= 4 is 16.7 Å². The van der Waals surface area contributed by atoms with Gasteiger partial charge in [0.25, 0.3) is 0 Å². The van der Waals surface area contributed by atoms with Gasteiger partial charge in [-0.3, -0.25) is 0 Å². The summed E-state index contributed by atoms with van der Waals surface area (Å²) in [6, 6.07) is 30.9. The molecular formula is C31H29N3O6. The number of rotatable bonds is 10. The third-order valence-electron chi connectivity index (χ3n) is 6.75. The molecule has 0 radical (unpaired) electrons. The average Bonchev–Trinajstić information content (AvgIpc) is 3.01. The second kappa shape index (κ2) is 13.2. The van der Waals surface area contributed by atoms with Crippen molar-refractivity contribution in [2.24, 2.45) is 5.11 Å². The second-order valence-corrected chi connectivity index (χ2v) is 9.41. The summed E-state index contributed by atoms with van der Waals surface area (Å²) in [6.07, 6.45) is -3.94. The van der Waals surface area contributed by atoms with Gasteiger partial charge in [-0.05, 0) is 45.6 Å². The van der Waals surface area contributed by atoms with Crippen molar-refractivity contribution in [3.05, 3.63) is 130 Å². The summed E-state index contributed by atoms with van der Waals surface area (Å²) in [7, 11) is 0. The number of carbonyl (C=O) groups is 1. The van der Waals surface area contributed by atoms with Crippen LogP contribution in [0.4, 0.5) is 0 Å². The molecule has 0 saturated carbocycles. The molecular weight excluding hydrogens is 510 g/mol. The van der Waals surface area contributed by atoms with Gasteiger partial charge in [0, 0.05) is 4.91 Å². The SMILES string of the molecule is [N-]=[N+]=N[C@H]1C(OC(=O)c2ccccc2)O[C@H](CO)[C@@H](OCc2ccc3ccccc3c2)[C@@H]1OCc1ccccc1. The predicted octanol–water partition coefficient (Wildman–Crippen LogP) is 5.56. The molecule has 1 aliphatic heterocycles. The van der Waals surface area contributed by atoms with Gasteiger partial charge in [-0.1, -0.05) is 90.0 Å². The van der Waals surface area contributed by atoms with Crippen LogP contribution < -0.4 is 0 Å². The molecule has 0 bridgehead atoms. The van der Waals surface area contributed by atoms with Crippen LogP contribution >= 0.6 is 0 Å². The Bertz CT molecular complexity index is 1460. The number of hydrogen-bond donors (Lipinski definition) is 1. The van der Waals surface area contributed by atoms with Crippen molar-refractivity contribution < 1.29 is 28.8 Å². The lowest BCUT2D eigenvalue weighted by Gasteiger charge is -2.43. The van der Waals surface area contributed by atoms with E-state index in [1.54, 1.807) is 30.3 Å². The first kappa shape index (κ1) is 27.3. The van der Waals surface area contributed by atoms with E-state index in [-0.39, 0.29) is 13.2 Å². The van der Waals surface area contributed by atoms with Gasteiger partial charge in [-0.15, -0.1) is 0 Å². The number of esters is 1. The Balaban J connectivity index is 1.41. The highest BCUT2D eigenvalue weighted by Crippen LogP contribution is 2.31. The Hall–Kier alpha value is -4.24. The van der Waals surface area contributed by atoms with Crippen molar-refractivity contribution in [1.29, 1.82) is 0 Å². The lowest BCUT2D eigenvalue weighted by molar-refractivity contribution is -0.269. The van der Waals surface area contributed by atoms with E-state index in [4.69, 9.17) is 18.9 Å². The van der Waals surface area contributed by atoms with Crippen LogP contribution in [0.25, 0.3) is 21.2 Å². The Morgan fingerprint density at radius 3 is 2.20 bits per heavy atom. The number of nitrogens with zero attached hydrogens (tertiary/aromatic N) is 3. The van der Waals surface area contributed by atoms with Gasteiger partial charge in [0.15, 0.2) is 0 Å². The van der Waals surface area contributed by atoms with E-state index in [1.807, 2.05) is 72.8 Å². The number of azide groups is 1. The summed E-state index contributed by atoms with van der Waals surface area (Å²) in [5.74, 6) is -0.655. The standard InChI is InChI=1S/C31H29N3O6/c32-34-33-27-29(38-19-21-9-3-1-4-10-21)28(37-20-22-15-16-23-11-7-8-14-25(23)17-22)26(18-35)39-31(27)40-30(36)24-12-5-2-6-13-24/h1-17,26-29,31,35H,18-20H2/t26-,27-,28-,29-,31?/m1/s1. The van der Waals surface area contributed by atoms with Gasteiger partial charge in [0.05, 0.1) is 25.4 Å². The smallest absolute Gasteiger partial charge is 0.340 e. The van der Waals surface area contributed by atoms with Crippen molar-refractivity contribution in [1.82, 2.24) is 0 Å². The fraction of sp³-hybridized carbons (Fsp3) is 0.258. The van der Waals surface area contributed by atoms with E-state index in [0.717, 1.165) is 21.9 Å². The van der Waals surface area contributed by atoms with E-state index >= 15 is 0 Å². The summed E-state index contributed by atoms with van der Waals surface area (Å²) in [5, 5.41) is 16.4. The number of hydrogen-bond acceptors (Lipinski definition) is 7. The maximum Gasteiger partial charge on any atom is 0.340 e. The number of aliphatic hydroxyl groups is 1. The quantitative estimate of drug-likeness (QED) is 0.122. The monoisotopic (exact) mass is 539 g/mol. The number of benzene rings is 4. The summed E-state index contributed by atoms with van der Waals surface area (Å²) in [4.78, 5) is 15.9. The van der Waals surface area contributed by atoms with E-state index in [9.17, 15) is 15.4 Å². The van der Waals surface area contributed by atoms with Crippen LogP contribution in [0.5, 0.6) is 0 Å². The van der Waals surface area contributed by atoms with Crippen LogP contribution in [-0.2, 0) is 32.2 Å². The Morgan fingerprint density at radius 2 is 1.48 bits per heavy atom. The molecule has 0 spiro atoms. The molecule has 0 amide bonds. The molecule has 5 rings (SSSR count).